The van der Waals surface area contributed by atoms with Crippen molar-refractivity contribution in [2.45, 2.75) is 26.7 Å². The number of hydrogen-bond donors (Lipinski definition) is 1. The zero-order valence-corrected chi connectivity index (χ0v) is 14.4. The van der Waals surface area contributed by atoms with Crippen LogP contribution >= 0.6 is 11.3 Å². The second-order valence-electron chi connectivity index (χ2n) is 5.80. The Morgan fingerprint density at radius 3 is 2.39 bits per heavy atom. The number of aromatic nitrogens is 1. The molecule has 0 bridgehead atoms. The summed E-state index contributed by atoms with van der Waals surface area (Å²) in [4.78, 5) is 43.4. The monoisotopic (exact) mass is 339 g/mol. The molecule has 0 aromatic carbocycles. The highest BCUT2D eigenvalue weighted by Gasteiger charge is 2.28. The number of amides is 2. The summed E-state index contributed by atoms with van der Waals surface area (Å²) in [5, 5.41) is 9.79. The molecule has 1 saturated heterocycles. The molecule has 126 valence electrons. The lowest BCUT2D eigenvalue weighted by molar-refractivity contribution is -0.145. The lowest BCUT2D eigenvalue weighted by Crippen LogP contribution is -2.45. The van der Waals surface area contributed by atoms with Gasteiger partial charge in [-0.15, -0.1) is 11.3 Å². The SMILES string of the molecule is Cc1nc(C)c(C(=O)N(C)CC(=O)N2CCC(C(=O)O)CC2)s1. The number of carbonyl (C=O) groups excluding carboxylic acids is 2. The number of nitrogens with zero attached hydrogens (tertiary/aromatic N) is 3. The van der Waals surface area contributed by atoms with E-state index in [2.05, 4.69) is 4.98 Å². The van der Waals surface area contributed by atoms with Gasteiger partial charge in [0, 0.05) is 20.1 Å². The van der Waals surface area contributed by atoms with Crippen LogP contribution in [0, 0.1) is 19.8 Å². The van der Waals surface area contributed by atoms with Gasteiger partial charge in [0.25, 0.3) is 5.91 Å². The fourth-order valence-corrected chi connectivity index (χ4v) is 3.57. The van der Waals surface area contributed by atoms with Gasteiger partial charge in [-0.25, -0.2) is 4.98 Å². The van der Waals surface area contributed by atoms with Gasteiger partial charge in [0.2, 0.25) is 5.91 Å². The summed E-state index contributed by atoms with van der Waals surface area (Å²) < 4.78 is 0. The highest BCUT2D eigenvalue weighted by molar-refractivity contribution is 7.13. The number of carboxylic acids is 1. The third-order valence-electron chi connectivity index (χ3n) is 4.01. The maximum absolute atomic E-state index is 12.4. The standard InChI is InChI=1S/C15H21N3O4S/c1-9-13(23-10(2)16-9)14(20)17(3)8-12(19)18-6-4-11(5-7-18)15(21)22/h11H,4-8H2,1-3H3,(H,21,22). The Labute approximate surface area is 138 Å². The number of piperidine rings is 1. The predicted octanol–water partition coefficient (Wildman–Crippen LogP) is 1.16. The summed E-state index contributed by atoms with van der Waals surface area (Å²) >= 11 is 1.32. The minimum Gasteiger partial charge on any atom is -0.481 e. The molecule has 0 spiro atoms. The van der Waals surface area contributed by atoms with Crippen molar-refractivity contribution in [1.82, 2.24) is 14.8 Å². The number of carbonyl (C=O) groups is 3. The molecule has 1 aromatic heterocycles. The van der Waals surface area contributed by atoms with Crippen LogP contribution in [0.2, 0.25) is 0 Å². The van der Waals surface area contributed by atoms with Crippen molar-refractivity contribution in [3.63, 3.8) is 0 Å². The van der Waals surface area contributed by atoms with Crippen LogP contribution in [0.5, 0.6) is 0 Å². The molecule has 1 fully saturated rings. The van der Waals surface area contributed by atoms with Crippen LogP contribution in [0.1, 0.15) is 33.2 Å². The van der Waals surface area contributed by atoms with Crippen molar-refractivity contribution < 1.29 is 19.5 Å². The van der Waals surface area contributed by atoms with Gasteiger partial charge in [-0.2, -0.15) is 0 Å². The quantitative estimate of drug-likeness (QED) is 0.889. The zero-order chi connectivity index (χ0) is 17.1. The Bertz CT molecular complexity index is 620. The Kier molecular flexibility index (Phi) is 5.35. The maximum Gasteiger partial charge on any atom is 0.306 e. The van der Waals surface area contributed by atoms with E-state index in [4.69, 9.17) is 5.11 Å². The van der Waals surface area contributed by atoms with Gasteiger partial charge >= 0.3 is 5.97 Å². The molecule has 1 aliphatic heterocycles. The molecule has 0 atom stereocenters. The van der Waals surface area contributed by atoms with Gasteiger partial charge in [0.05, 0.1) is 23.2 Å². The number of likely N-dealkylation sites (tertiary alicyclic amines) is 1. The smallest absolute Gasteiger partial charge is 0.306 e. The number of aliphatic carboxylic acids is 1. The second kappa shape index (κ2) is 7.08. The van der Waals surface area contributed by atoms with E-state index in [0.29, 0.717) is 36.5 Å². The predicted molar refractivity (Wildman–Crippen MR) is 85.5 cm³/mol. The van der Waals surface area contributed by atoms with Crippen molar-refractivity contribution in [1.29, 1.82) is 0 Å². The van der Waals surface area contributed by atoms with E-state index >= 15 is 0 Å². The molecule has 0 saturated carbocycles. The minimum absolute atomic E-state index is 0.00699. The first-order chi connectivity index (χ1) is 10.8. The Balaban J connectivity index is 1.91. The molecule has 1 aromatic rings. The number of aryl methyl sites for hydroxylation is 2. The summed E-state index contributed by atoms with van der Waals surface area (Å²) in [7, 11) is 1.60. The fraction of sp³-hybridized carbons (Fsp3) is 0.600. The van der Waals surface area contributed by atoms with E-state index < -0.39 is 5.97 Å². The molecule has 2 amide bonds. The molecule has 0 aliphatic carbocycles. The molecule has 1 aliphatic rings. The maximum atomic E-state index is 12.4. The lowest BCUT2D eigenvalue weighted by atomic mass is 9.97. The first kappa shape index (κ1) is 17.4. The molecule has 1 N–H and O–H groups in total. The number of thiazole rings is 1. The number of likely N-dealkylation sites (N-methyl/N-ethyl adjacent to an activating group) is 1. The molecular weight excluding hydrogens is 318 g/mol. The highest BCUT2D eigenvalue weighted by atomic mass is 32.1. The average molecular weight is 339 g/mol. The Morgan fingerprint density at radius 2 is 1.91 bits per heavy atom. The van der Waals surface area contributed by atoms with E-state index in [0.717, 1.165) is 5.01 Å². The molecule has 0 unspecified atom stereocenters. The normalized spacial score (nSPS) is 15.5. The van der Waals surface area contributed by atoms with E-state index in [-0.39, 0.29) is 24.3 Å². The second-order valence-corrected chi connectivity index (χ2v) is 7.01. The van der Waals surface area contributed by atoms with Crippen LogP contribution in [0.3, 0.4) is 0 Å². The van der Waals surface area contributed by atoms with Crippen molar-refractivity contribution in [2.24, 2.45) is 5.92 Å². The first-order valence-electron chi connectivity index (χ1n) is 7.49. The van der Waals surface area contributed by atoms with Gasteiger partial charge in [0.15, 0.2) is 0 Å². The number of carboxylic acid groups (broad SMARTS) is 1. The summed E-state index contributed by atoms with van der Waals surface area (Å²) in [5.41, 5.74) is 0.680. The first-order valence-corrected chi connectivity index (χ1v) is 8.31. The molecule has 2 rings (SSSR count). The summed E-state index contributed by atoms with van der Waals surface area (Å²) in [5.74, 6) is -1.54. The van der Waals surface area contributed by atoms with Crippen LogP contribution in [0.15, 0.2) is 0 Å². The third kappa shape index (κ3) is 4.07. The Morgan fingerprint density at radius 1 is 1.30 bits per heavy atom. The largest absolute Gasteiger partial charge is 0.481 e. The molecule has 2 heterocycles. The van der Waals surface area contributed by atoms with Gasteiger partial charge in [0.1, 0.15) is 4.88 Å². The topological polar surface area (TPSA) is 90.8 Å². The Hall–Kier alpha value is -1.96. The van der Waals surface area contributed by atoms with E-state index in [1.165, 1.54) is 16.2 Å². The van der Waals surface area contributed by atoms with Crippen molar-refractivity contribution >= 4 is 29.1 Å². The zero-order valence-electron chi connectivity index (χ0n) is 13.5. The van der Waals surface area contributed by atoms with Crippen molar-refractivity contribution in [2.75, 3.05) is 26.7 Å². The van der Waals surface area contributed by atoms with Gasteiger partial charge < -0.3 is 14.9 Å². The molecular formula is C15H21N3O4S. The van der Waals surface area contributed by atoms with Crippen LogP contribution in [-0.4, -0.2) is 64.4 Å². The minimum atomic E-state index is -0.805. The number of hydrogen-bond acceptors (Lipinski definition) is 5. The molecule has 23 heavy (non-hydrogen) atoms. The van der Waals surface area contributed by atoms with Gasteiger partial charge in [-0.1, -0.05) is 0 Å². The highest BCUT2D eigenvalue weighted by Crippen LogP contribution is 2.20. The van der Waals surface area contributed by atoms with Gasteiger partial charge in [-0.05, 0) is 26.7 Å². The van der Waals surface area contributed by atoms with Gasteiger partial charge in [-0.3, -0.25) is 14.4 Å². The van der Waals surface area contributed by atoms with Crippen LogP contribution in [-0.2, 0) is 9.59 Å². The van der Waals surface area contributed by atoms with Crippen molar-refractivity contribution in [3.05, 3.63) is 15.6 Å². The van der Waals surface area contributed by atoms with Crippen molar-refractivity contribution in [3.8, 4) is 0 Å². The summed E-state index contributed by atoms with van der Waals surface area (Å²) in [6.45, 7) is 4.47. The van der Waals surface area contributed by atoms with Crippen LogP contribution in [0.4, 0.5) is 0 Å². The molecule has 7 nitrogen and oxygen atoms in total. The van der Waals surface area contributed by atoms with Crippen LogP contribution in [0.25, 0.3) is 0 Å². The fourth-order valence-electron chi connectivity index (χ4n) is 2.65. The van der Waals surface area contributed by atoms with Crippen LogP contribution < -0.4 is 0 Å². The summed E-state index contributed by atoms with van der Waals surface area (Å²) in [6, 6.07) is 0. The average Bonchev–Trinajstić information content (AvgIpc) is 2.85. The molecule has 0 radical (unpaired) electrons. The lowest BCUT2D eigenvalue weighted by Gasteiger charge is -2.31. The van der Waals surface area contributed by atoms with E-state index in [1.807, 2.05) is 6.92 Å². The molecule has 8 heteroatoms. The third-order valence-corrected chi connectivity index (χ3v) is 5.07. The number of rotatable bonds is 4. The van der Waals surface area contributed by atoms with E-state index in [9.17, 15) is 14.4 Å². The van der Waals surface area contributed by atoms with E-state index in [1.54, 1.807) is 18.9 Å². The summed E-state index contributed by atoms with van der Waals surface area (Å²) in [6.07, 6.45) is 0.928.